The largest absolute Gasteiger partial charge is 0.492 e. The van der Waals surface area contributed by atoms with Gasteiger partial charge in [-0.15, -0.1) is 0 Å². The second-order valence-corrected chi connectivity index (χ2v) is 7.96. The molecule has 0 saturated carbocycles. The van der Waals surface area contributed by atoms with Gasteiger partial charge in [-0.2, -0.15) is 0 Å². The van der Waals surface area contributed by atoms with E-state index in [9.17, 15) is 8.42 Å². The number of rotatable bonds is 6. The maximum Gasteiger partial charge on any atom is 0.240 e. The second-order valence-electron chi connectivity index (χ2n) is 6.20. The van der Waals surface area contributed by atoms with Crippen molar-refractivity contribution >= 4 is 10.0 Å². The Hall–Kier alpha value is -1.85. The van der Waals surface area contributed by atoms with Gasteiger partial charge < -0.3 is 4.74 Å². The lowest BCUT2D eigenvalue weighted by molar-refractivity contribution is 0.323. The molecule has 2 aromatic rings. The molecule has 0 spiro atoms. The van der Waals surface area contributed by atoms with E-state index in [0.29, 0.717) is 11.5 Å². The lowest BCUT2D eigenvalue weighted by Crippen LogP contribution is -2.28. The summed E-state index contributed by atoms with van der Waals surface area (Å²) in [7, 11) is -3.48. The number of ether oxygens (including phenoxy) is 1. The summed E-state index contributed by atoms with van der Waals surface area (Å²) < 4.78 is 33.0. The van der Waals surface area contributed by atoms with Crippen molar-refractivity contribution in [1.29, 1.82) is 0 Å². The summed E-state index contributed by atoms with van der Waals surface area (Å²) in [4.78, 5) is 0.346. The molecular formula is C19H23NO3S. The minimum Gasteiger partial charge on any atom is -0.492 e. The Morgan fingerprint density at radius 1 is 1.00 bits per heavy atom. The van der Waals surface area contributed by atoms with Crippen LogP contribution in [-0.4, -0.2) is 21.6 Å². The molecule has 0 unspecified atom stereocenters. The molecule has 2 aromatic carbocycles. The molecule has 0 bridgehead atoms. The Kier molecular flexibility index (Phi) is 5.21. The summed E-state index contributed by atoms with van der Waals surface area (Å²) >= 11 is 0. The van der Waals surface area contributed by atoms with Crippen LogP contribution in [0.3, 0.4) is 0 Å². The number of hydrogen-bond donors (Lipinski definition) is 1. The fourth-order valence-electron chi connectivity index (χ4n) is 2.94. The van der Waals surface area contributed by atoms with E-state index in [1.165, 1.54) is 17.5 Å². The molecule has 0 heterocycles. The third-order valence-corrected chi connectivity index (χ3v) is 5.77. The van der Waals surface area contributed by atoms with Gasteiger partial charge in [-0.25, -0.2) is 13.1 Å². The quantitative estimate of drug-likeness (QED) is 0.818. The van der Waals surface area contributed by atoms with Gasteiger partial charge in [0.2, 0.25) is 10.0 Å². The monoisotopic (exact) mass is 345 g/mol. The van der Waals surface area contributed by atoms with Gasteiger partial charge in [0.15, 0.2) is 0 Å². The zero-order chi connectivity index (χ0) is 17.0. The van der Waals surface area contributed by atoms with Crippen molar-refractivity contribution in [3.63, 3.8) is 0 Å². The van der Waals surface area contributed by atoms with Gasteiger partial charge in [0, 0.05) is 6.54 Å². The predicted octanol–water partition coefficient (Wildman–Crippen LogP) is 3.23. The minimum absolute atomic E-state index is 0.243. The minimum atomic E-state index is -3.48. The molecule has 1 N–H and O–H groups in total. The average molecular weight is 345 g/mol. The van der Waals surface area contributed by atoms with Crippen LogP contribution >= 0.6 is 0 Å². The van der Waals surface area contributed by atoms with Gasteiger partial charge in [0.25, 0.3) is 0 Å². The van der Waals surface area contributed by atoms with Crippen LogP contribution in [-0.2, 0) is 22.9 Å². The van der Waals surface area contributed by atoms with Crippen LogP contribution in [0.15, 0.2) is 47.4 Å². The van der Waals surface area contributed by atoms with E-state index in [0.717, 1.165) is 30.6 Å². The first kappa shape index (κ1) is 17.0. The molecule has 128 valence electrons. The lowest BCUT2D eigenvalue weighted by atomic mass is 9.92. The standard InChI is InChI=1S/C19H23NO3S/c1-15-6-9-18(10-7-15)23-13-12-20-24(21,22)19-11-8-16-4-2-3-5-17(16)14-19/h6-11,14,20H,2-5,12-13H2,1H3. The van der Waals surface area contributed by atoms with Gasteiger partial charge in [-0.3, -0.25) is 0 Å². The number of fused-ring (bicyclic) bond motifs is 1. The van der Waals surface area contributed by atoms with Crippen LogP contribution < -0.4 is 9.46 Å². The van der Waals surface area contributed by atoms with Crippen LogP contribution in [0.1, 0.15) is 29.5 Å². The van der Waals surface area contributed by atoms with E-state index in [-0.39, 0.29) is 6.54 Å². The number of sulfonamides is 1. The van der Waals surface area contributed by atoms with Gasteiger partial charge >= 0.3 is 0 Å². The van der Waals surface area contributed by atoms with Crippen molar-refractivity contribution in [2.75, 3.05) is 13.2 Å². The van der Waals surface area contributed by atoms with Crippen LogP contribution in [0.2, 0.25) is 0 Å². The highest BCUT2D eigenvalue weighted by molar-refractivity contribution is 7.89. The van der Waals surface area contributed by atoms with E-state index in [2.05, 4.69) is 4.72 Å². The number of nitrogens with one attached hydrogen (secondary N) is 1. The molecule has 0 aromatic heterocycles. The second kappa shape index (κ2) is 7.36. The Morgan fingerprint density at radius 2 is 1.71 bits per heavy atom. The van der Waals surface area contributed by atoms with Crippen LogP contribution in [0, 0.1) is 6.92 Å². The number of hydrogen-bond acceptors (Lipinski definition) is 3. The SMILES string of the molecule is Cc1ccc(OCCNS(=O)(=O)c2ccc3c(c2)CCCC3)cc1. The van der Waals surface area contributed by atoms with E-state index in [4.69, 9.17) is 4.74 Å². The maximum atomic E-state index is 12.4. The van der Waals surface area contributed by atoms with Gasteiger partial charge in [-0.1, -0.05) is 23.8 Å². The lowest BCUT2D eigenvalue weighted by Gasteiger charge is -2.16. The highest BCUT2D eigenvalue weighted by Gasteiger charge is 2.17. The molecule has 0 amide bonds. The molecule has 0 atom stereocenters. The Morgan fingerprint density at radius 3 is 2.46 bits per heavy atom. The molecule has 24 heavy (non-hydrogen) atoms. The summed E-state index contributed by atoms with van der Waals surface area (Å²) in [5.74, 6) is 0.744. The molecule has 5 heteroatoms. The zero-order valence-corrected chi connectivity index (χ0v) is 14.7. The Labute approximate surface area is 143 Å². The van der Waals surface area contributed by atoms with Crippen molar-refractivity contribution in [2.24, 2.45) is 0 Å². The molecule has 4 nitrogen and oxygen atoms in total. The van der Waals surface area contributed by atoms with Crippen molar-refractivity contribution in [3.8, 4) is 5.75 Å². The summed E-state index contributed by atoms with van der Waals surface area (Å²) in [6.45, 7) is 2.55. The highest BCUT2D eigenvalue weighted by atomic mass is 32.2. The van der Waals surface area contributed by atoms with Gasteiger partial charge in [0.05, 0.1) is 4.90 Å². The van der Waals surface area contributed by atoms with Gasteiger partial charge in [0.1, 0.15) is 12.4 Å². The zero-order valence-electron chi connectivity index (χ0n) is 13.9. The summed E-state index contributed by atoms with van der Waals surface area (Å²) in [6.07, 6.45) is 4.34. The first-order valence-electron chi connectivity index (χ1n) is 8.35. The normalized spacial score (nSPS) is 14.2. The molecule has 1 aliphatic carbocycles. The fourth-order valence-corrected chi connectivity index (χ4v) is 4.00. The summed E-state index contributed by atoms with van der Waals surface area (Å²) in [6, 6.07) is 13.2. The van der Waals surface area contributed by atoms with Crippen molar-refractivity contribution < 1.29 is 13.2 Å². The Balaban J connectivity index is 1.57. The number of aryl methyl sites for hydroxylation is 3. The fraction of sp³-hybridized carbons (Fsp3) is 0.368. The molecule has 0 radical (unpaired) electrons. The number of benzene rings is 2. The van der Waals surface area contributed by atoms with E-state index < -0.39 is 10.0 Å². The smallest absolute Gasteiger partial charge is 0.240 e. The third-order valence-electron chi connectivity index (χ3n) is 4.31. The maximum absolute atomic E-state index is 12.4. The molecular weight excluding hydrogens is 322 g/mol. The topological polar surface area (TPSA) is 55.4 Å². The molecule has 0 fully saturated rings. The molecule has 0 aliphatic heterocycles. The Bertz CT molecular complexity index is 798. The van der Waals surface area contributed by atoms with Crippen molar-refractivity contribution in [2.45, 2.75) is 37.5 Å². The average Bonchev–Trinajstić information content (AvgIpc) is 2.60. The first-order valence-corrected chi connectivity index (χ1v) is 9.84. The molecule has 3 rings (SSSR count). The van der Waals surface area contributed by atoms with E-state index >= 15 is 0 Å². The van der Waals surface area contributed by atoms with Crippen molar-refractivity contribution in [1.82, 2.24) is 4.72 Å². The van der Waals surface area contributed by atoms with E-state index in [1.54, 1.807) is 6.07 Å². The van der Waals surface area contributed by atoms with E-state index in [1.807, 2.05) is 43.3 Å². The summed E-state index contributed by atoms with van der Waals surface area (Å²) in [5.41, 5.74) is 3.61. The third kappa shape index (κ3) is 4.16. The van der Waals surface area contributed by atoms with Crippen LogP contribution in [0.25, 0.3) is 0 Å². The molecule has 0 saturated heterocycles. The van der Waals surface area contributed by atoms with Crippen molar-refractivity contribution in [3.05, 3.63) is 59.2 Å². The molecule has 1 aliphatic rings. The van der Waals surface area contributed by atoms with Crippen LogP contribution in [0.4, 0.5) is 0 Å². The van der Waals surface area contributed by atoms with Gasteiger partial charge in [-0.05, 0) is 68.0 Å². The predicted molar refractivity (Wildman–Crippen MR) is 94.9 cm³/mol. The highest BCUT2D eigenvalue weighted by Crippen LogP contribution is 2.24. The first-order chi connectivity index (χ1) is 11.5. The summed E-state index contributed by atoms with van der Waals surface area (Å²) in [5, 5.41) is 0. The van der Waals surface area contributed by atoms with Crippen LogP contribution in [0.5, 0.6) is 5.75 Å².